The number of nitrogen functional groups attached to an aromatic ring is 1. The second-order valence-corrected chi connectivity index (χ2v) is 5.40. The second-order valence-electron chi connectivity index (χ2n) is 5.40. The van der Waals surface area contributed by atoms with E-state index in [2.05, 4.69) is 24.0 Å². The van der Waals surface area contributed by atoms with Crippen LogP contribution in [0.3, 0.4) is 0 Å². The summed E-state index contributed by atoms with van der Waals surface area (Å²) >= 11 is 0. The van der Waals surface area contributed by atoms with E-state index in [0.29, 0.717) is 17.3 Å². The fourth-order valence-corrected chi connectivity index (χ4v) is 2.52. The molecule has 0 spiro atoms. The Morgan fingerprint density at radius 3 is 2.58 bits per heavy atom. The monoisotopic (exact) mass is 262 g/mol. The normalized spacial score (nSPS) is 16.9. The molecule has 5 nitrogen and oxygen atoms in total. The molecule has 1 amide bonds. The van der Waals surface area contributed by atoms with Crippen molar-refractivity contribution in [1.29, 1.82) is 0 Å². The van der Waals surface area contributed by atoms with Gasteiger partial charge < -0.3 is 15.5 Å². The number of hydrogen-bond acceptors (Lipinski definition) is 4. The van der Waals surface area contributed by atoms with Gasteiger partial charge in [0.2, 0.25) is 0 Å². The van der Waals surface area contributed by atoms with E-state index in [1.54, 1.807) is 12.3 Å². The summed E-state index contributed by atoms with van der Waals surface area (Å²) in [5.74, 6) is 0.00204. The lowest BCUT2D eigenvalue weighted by atomic mass is 10.0. The Balaban J connectivity index is 2.05. The lowest BCUT2D eigenvalue weighted by molar-refractivity contribution is 0.0664. The van der Waals surface area contributed by atoms with Gasteiger partial charge in [-0.1, -0.05) is 0 Å². The third-order valence-electron chi connectivity index (χ3n) is 3.79. The summed E-state index contributed by atoms with van der Waals surface area (Å²) in [4.78, 5) is 20.7. The van der Waals surface area contributed by atoms with Gasteiger partial charge in [-0.05, 0) is 39.9 Å². The Morgan fingerprint density at radius 2 is 2.05 bits per heavy atom. The molecule has 0 saturated carbocycles. The minimum Gasteiger partial charge on any atom is -0.398 e. The van der Waals surface area contributed by atoms with Gasteiger partial charge in [0, 0.05) is 36.7 Å². The highest BCUT2D eigenvalue weighted by Crippen LogP contribution is 2.19. The number of hydrogen-bond donors (Lipinski definition) is 1. The van der Waals surface area contributed by atoms with Crippen molar-refractivity contribution in [2.45, 2.75) is 25.8 Å². The van der Waals surface area contributed by atoms with E-state index >= 15 is 0 Å². The Bertz CT molecular complexity index is 465. The van der Waals surface area contributed by atoms with Crippen LogP contribution in [-0.4, -0.2) is 53.9 Å². The predicted molar refractivity (Wildman–Crippen MR) is 76.0 cm³/mol. The van der Waals surface area contributed by atoms with Crippen LogP contribution >= 0.6 is 0 Å². The van der Waals surface area contributed by atoms with Crippen LogP contribution in [0.25, 0.3) is 0 Å². The number of pyridine rings is 1. The molecule has 1 saturated heterocycles. The van der Waals surface area contributed by atoms with Gasteiger partial charge in [0.1, 0.15) is 0 Å². The first kappa shape index (κ1) is 13.8. The summed E-state index contributed by atoms with van der Waals surface area (Å²) in [6.45, 7) is 3.44. The summed E-state index contributed by atoms with van der Waals surface area (Å²) in [6, 6.07) is 2.32. The zero-order valence-electron chi connectivity index (χ0n) is 11.9. The molecular formula is C14H22N4O. The molecule has 0 radical (unpaired) electrons. The number of amides is 1. The summed E-state index contributed by atoms with van der Waals surface area (Å²) in [7, 11) is 4.17. The summed E-state index contributed by atoms with van der Waals surface area (Å²) in [5, 5.41) is 0. The maximum atomic E-state index is 12.4. The van der Waals surface area contributed by atoms with Gasteiger partial charge in [-0.25, -0.2) is 0 Å². The Labute approximate surface area is 114 Å². The Morgan fingerprint density at radius 1 is 1.42 bits per heavy atom. The van der Waals surface area contributed by atoms with Crippen molar-refractivity contribution in [3.8, 4) is 0 Å². The van der Waals surface area contributed by atoms with Crippen LogP contribution in [0.5, 0.6) is 0 Å². The van der Waals surface area contributed by atoms with Crippen LogP contribution in [0.1, 0.15) is 28.9 Å². The highest BCUT2D eigenvalue weighted by Gasteiger charge is 2.25. The number of piperidine rings is 1. The van der Waals surface area contributed by atoms with Gasteiger partial charge in [-0.15, -0.1) is 0 Å². The zero-order valence-corrected chi connectivity index (χ0v) is 11.9. The minimum absolute atomic E-state index is 0.00204. The van der Waals surface area contributed by atoms with Crippen LogP contribution in [0.15, 0.2) is 12.3 Å². The van der Waals surface area contributed by atoms with E-state index in [-0.39, 0.29) is 5.91 Å². The molecule has 0 aliphatic carbocycles. The standard InChI is InChI=1S/C14H22N4O/c1-10-8-13(15)12(9-16-10)14(19)18-6-4-11(5-7-18)17(2)3/h8-9,11H,4-7H2,1-3H3,(H2,15,16). The molecule has 0 unspecified atom stereocenters. The number of aromatic nitrogens is 1. The molecule has 0 aromatic carbocycles. The highest BCUT2D eigenvalue weighted by molar-refractivity contribution is 5.98. The maximum Gasteiger partial charge on any atom is 0.257 e. The Hall–Kier alpha value is -1.62. The van der Waals surface area contributed by atoms with Crippen molar-refractivity contribution in [2.24, 2.45) is 0 Å². The number of carbonyl (C=O) groups is 1. The van der Waals surface area contributed by atoms with Crippen LogP contribution < -0.4 is 5.73 Å². The molecule has 2 rings (SSSR count). The quantitative estimate of drug-likeness (QED) is 0.868. The van der Waals surface area contributed by atoms with E-state index in [1.807, 2.05) is 11.8 Å². The third-order valence-corrected chi connectivity index (χ3v) is 3.79. The summed E-state index contributed by atoms with van der Waals surface area (Å²) in [6.07, 6.45) is 3.61. The lowest BCUT2D eigenvalue weighted by Crippen LogP contribution is -2.44. The molecule has 2 heterocycles. The average Bonchev–Trinajstić information content (AvgIpc) is 2.38. The Kier molecular flexibility index (Phi) is 4.04. The van der Waals surface area contributed by atoms with Crippen LogP contribution in [0.4, 0.5) is 5.69 Å². The zero-order chi connectivity index (χ0) is 14.0. The molecular weight excluding hydrogens is 240 g/mol. The van der Waals surface area contributed by atoms with Crippen molar-refractivity contribution in [1.82, 2.24) is 14.8 Å². The number of carbonyl (C=O) groups excluding carboxylic acids is 1. The van der Waals surface area contributed by atoms with Crippen molar-refractivity contribution in [3.63, 3.8) is 0 Å². The number of anilines is 1. The number of nitrogens with two attached hydrogens (primary N) is 1. The van der Waals surface area contributed by atoms with Crippen molar-refractivity contribution in [3.05, 3.63) is 23.5 Å². The van der Waals surface area contributed by atoms with Crippen LogP contribution in [0, 0.1) is 6.92 Å². The predicted octanol–water partition coefficient (Wildman–Crippen LogP) is 1.14. The van der Waals surface area contributed by atoms with Gasteiger partial charge in [-0.2, -0.15) is 0 Å². The molecule has 1 aromatic heterocycles. The molecule has 0 bridgehead atoms. The molecule has 1 aromatic rings. The minimum atomic E-state index is 0.00204. The number of rotatable bonds is 2. The van der Waals surface area contributed by atoms with Crippen LogP contribution in [-0.2, 0) is 0 Å². The fourth-order valence-electron chi connectivity index (χ4n) is 2.52. The lowest BCUT2D eigenvalue weighted by Gasteiger charge is -2.35. The van der Waals surface area contributed by atoms with Crippen molar-refractivity contribution >= 4 is 11.6 Å². The SMILES string of the molecule is Cc1cc(N)c(C(=O)N2CCC(N(C)C)CC2)cn1. The number of aryl methyl sites for hydroxylation is 1. The first-order chi connectivity index (χ1) is 8.99. The van der Waals surface area contributed by atoms with Crippen molar-refractivity contribution < 1.29 is 4.79 Å². The topological polar surface area (TPSA) is 62.5 Å². The fraction of sp³-hybridized carbons (Fsp3) is 0.571. The van der Waals surface area contributed by atoms with Gasteiger partial charge in [0.05, 0.1) is 5.56 Å². The molecule has 19 heavy (non-hydrogen) atoms. The van der Waals surface area contributed by atoms with E-state index < -0.39 is 0 Å². The van der Waals surface area contributed by atoms with Gasteiger partial charge >= 0.3 is 0 Å². The molecule has 1 aliphatic rings. The molecule has 0 atom stereocenters. The first-order valence-corrected chi connectivity index (χ1v) is 6.67. The first-order valence-electron chi connectivity index (χ1n) is 6.67. The largest absolute Gasteiger partial charge is 0.398 e. The van der Waals surface area contributed by atoms with Gasteiger partial charge in [0.15, 0.2) is 0 Å². The van der Waals surface area contributed by atoms with E-state index in [0.717, 1.165) is 31.6 Å². The average molecular weight is 262 g/mol. The summed E-state index contributed by atoms with van der Waals surface area (Å²) in [5.41, 5.74) is 7.79. The molecule has 104 valence electrons. The molecule has 5 heteroatoms. The molecule has 2 N–H and O–H groups in total. The summed E-state index contributed by atoms with van der Waals surface area (Å²) < 4.78 is 0. The maximum absolute atomic E-state index is 12.4. The van der Waals surface area contributed by atoms with E-state index in [4.69, 9.17) is 5.73 Å². The highest BCUT2D eigenvalue weighted by atomic mass is 16.2. The van der Waals surface area contributed by atoms with E-state index in [9.17, 15) is 4.79 Å². The molecule has 1 fully saturated rings. The number of likely N-dealkylation sites (tertiary alicyclic amines) is 1. The number of nitrogens with zero attached hydrogens (tertiary/aromatic N) is 3. The van der Waals surface area contributed by atoms with Gasteiger partial charge in [0.25, 0.3) is 5.91 Å². The van der Waals surface area contributed by atoms with Gasteiger partial charge in [-0.3, -0.25) is 9.78 Å². The van der Waals surface area contributed by atoms with Crippen molar-refractivity contribution in [2.75, 3.05) is 32.9 Å². The van der Waals surface area contributed by atoms with Crippen LogP contribution in [0.2, 0.25) is 0 Å². The second kappa shape index (κ2) is 5.57. The molecule has 1 aliphatic heterocycles. The third kappa shape index (κ3) is 3.04. The van der Waals surface area contributed by atoms with E-state index in [1.165, 1.54) is 0 Å². The smallest absolute Gasteiger partial charge is 0.257 e.